The molecule has 0 aliphatic heterocycles. The summed E-state index contributed by atoms with van der Waals surface area (Å²) in [6, 6.07) is 17.7. The largest absolute Gasteiger partial charge is 0.357 e. The molecule has 2 unspecified atom stereocenters. The second kappa shape index (κ2) is 11.0. The summed E-state index contributed by atoms with van der Waals surface area (Å²) in [7, 11) is -0.927. The zero-order valence-electron chi connectivity index (χ0n) is 15.2. The Labute approximate surface area is 163 Å². The van der Waals surface area contributed by atoms with Crippen LogP contribution in [0.1, 0.15) is 31.0 Å². The molecule has 140 valence electrons. The molecular formula is C20H26ClN3OS. The van der Waals surface area contributed by atoms with Crippen LogP contribution in [0.3, 0.4) is 0 Å². The van der Waals surface area contributed by atoms with Crippen molar-refractivity contribution in [2.75, 3.05) is 18.8 Å². The van der Waals surface area contributed by atoms with E-state index >= 15 is 0 Å². The third-order valence-electron chi connectivity index (χ3n) is 3.83. The first-order valence-electron chi connectivity index (χ1n) is 8.78. The van der Waals surface area contributed by atoms with Crippen LogP contribution in [0.2, 0.25) is 5.02 Å². The number of halogens is 1. The van der Waals surface area contributed by atoms with Crippen LogP contribution in [0.25, 0.3) is 0 Å². The Morgan fingerprint density at radius 2 is 1.85 bits per heavy atom. The summed E-state index contributed by atoms with van der Waals surface area (Å²) >= 11 is 6.26. The third kappa shape index (κ3) is 6.81. The molecule has 0 aromatic heterocycles. The maximum Gasteiger partial charge on any atom is 0.191 e. The molecule has 0 fully saturated rings. The third-order valence-corrected chi connectivity index (χ3v) is 5.47. The fraction of sp³-hybridized carbons (Fsp3) is 0.350. The van der Waals surface area contributed by atoms with Crippen molar-refractivity contribution in [3.05, 3.63) is 70.7 Å². The minimum atomic E-state index is -0.927. The number of benzene rings is 2. The van der Waals surface area contributed by atoms with Gasteiger partial charge in [0.25, 0.3) is 0 Å². The van der Waals surface area contributed by atoms with E-state index in [1.54, 1.807) is 0 Å². The van der Waals surface area contributed by atoms with Gasteiger partial charge in [-0.15, -0.1) is 0 Å². The van der Waals surface area contributed by atoms with E-state index in [1.165, 1.54) is 0 Å². The summed E-state index contributed by atoms with van der Waals surface area (Å²) in [6.45, 7) is 5.32. The van der Waals surface area contributed by atoms with Crippen LogP contribution in [0, 0.1) is 0 Å². The highest BCUT2D eigenvalue weighted by Crippen LogP contribution is 2.21. The van der Waals surface area contributed by atoms with E-state index in [0.29, 0.717) is 24.0 Å². The van der Waals surface area contributed by atoms with Gasteiger partial charge in [0, 0.05) is 33.9 Å². The van der Waals surface area contributed by atoms with Gasteiger partial charge in [0.2, 0.25) is 0 Å². The molecule has 0 saturated carbocycles. The molecule has 0 saturated heterocycles. The summed E-state index contributed by atoms with van der Waals surface area (Å²) in [6.07, 6.45) is 0. The van der Waals surface area contributed by atoms with Gasteiger partial charge in [-0.2, -0.15) is 0 Å². The van der Waals surface area contributed by atoms with Gasteiger partial charge in [0.05, 0.1) is 12.6 Å². The molecule has 0 aliphatic rings. The van der Waals surface area contributed by atoms with Gasteiger partial charge in [-0.1, -0.05) is 60.1 Å². The SMILES string of the molecule is CCNC(=NCCS(=O)Cc1ccccc1)NC(C)c1ccccc1Cl. The number of guanidine groups is 1. The van der Waals surface area contributed by atoms with Crippen LogP contribution in [0.5, 0.6) is 0 Å². The normalized spacial score (nSPS) is 13.9. The maximum atomic E-state index is 12.2. The predicted octanol–water partition coefficient (Wildman–Crippen LogP) is 3.91. The highest BCUT2D eigenvalue weighted by molar-refractivity contribution is 7.84. The number of aliphatic imine (C=N–C) groups is 1. The summed E-state index contributed by atoms with van der Waals surface area (Å²) in [5.41, 5.74) is 2.11. The molecule has 2 aromatic carbocycles. The van der Waals surface area contributed by atoms with Crippen LogP contribution in [-0.2, 0) is 16.6 Å². The Morgan fingerprint density at radius 1 is 1.15 bits per heavy atom. The molecule has 26 heavy (non-hydrogen) atoms. The van der Waals surface area contributed by atoms with E-state index in [4.69, 9.17) is 11.6 Å². The summed E-state index contributed by atoms with van der Waals surface area (Å²) in [5, 5.41) is 7.31. The maximum absolute atomic E-state index is 12.2. The van der Waals surface area contributed by atoms with Crippen LogP contribution < -0.4 is 10.6 Å². The van der Waals surface area contributed by atoms with Gasteiger partial charge >= 0.3 is 0 Å². The molecule has 0 aliphatic carbocycles. The Kier molecular flexibility index (Phi) is 8.65. The van der Waals surface area contributed by atoms with E-state index in [-0.39, 0.29) is 6.04 Å². The lowest BCUT2D eigenvalue weighted by Crippen LogP contribution is -2.39. The van der Waals surface area contributed by atoms with Crippen molar-refractivity contribution < 1.29 is 4.21 Å². The minimum Gasteiger partial charge on any atom is -0.357 e. The summed E-state index contributed by atoms with van der Waals surface area (Å²) in [4.78, 5) is 4.55. The van der Waals surface area contributed by atoms with E-state index in [2.05, 4.69) is 15.6 Å². The average Bonchev–Trinajstić information content (AvgIpc) is 2.63. The molecule has 6 heteroatoms. The lowest BCUT2D eigenvalue weighted by molar-refractivity contribution is 0.680. The Morgan fingerprint density at radius 3 is 2.54 bits per heavy atom. The Hall–Kier alpha value is -1.85. The Bertz CT molecular complexity index is 737. The topological polar surface area (TPSA) is 53.5 Å². The van der Waals surface area contributed by atoms with Gasteiger partial charge in [0.1, 0.15) is 0 Å². The summed E-state index contributed by atoms with van der Waals surface area (Å²) < 4.78 is 12.2. The number of rotatable bonds is 8. The second-order valence-corrected chi connectivity index (χ2v) is 7.91. The molecule has 2 rings (SSSR count). The number of nitrogens with zero attached hydrogens (tertiary/aromatic N) is 1. The smallest absolute Gasteiger partial charge is 0.191 e. The molecule has 0 heterocycles. The molecule has 0 amide bonds. The number of hydrogen-bond donors (Lipinski definition) is 2. The second-order valence-electron chi connectivity index (χ2n) is 5.92. The van der Waals surface area contributed by atoms with Crippen molar-refractivity contribution in [2.24, 2.45) is 4.99 Å². The van der Waals surface area contributed by atoms with Crippen LogP contribution >= 0.6 is 11.6 Å². The molecule has 0 bridgehead atoms. The van der Waals surface area contributed by atoms with Crippen LogP contribution in [0.4, 0.5) is 0 Å². The predicted molar refractivity (Wildman–Crippen MR) is 112 cm³/mol. The van der Waals surface area contributed by atoms with Crippen molar-refractivity contribution in [1.82, 2.24) is 10.6 Å². The first-order chi connectivity index (χ1) is 12.6. The van der Waals surface area contributed by atoms with Gasteiger partial charge in [-0.05, 0) is 31.0 Å². The summed E-state index contributed by atoms with van der Waals surface area (Å²) in [5.74, 6) is 1.80. The van der Waals surface area contributed by atoms with Crippen LogP contribution in [0.15, 0.2) is 59.6 Å². The van der Waals surface area contributed by atoms with Crippen molar-refractivity contribution in [3.8, 4) is 0 Å². The van der Waals surface area contributed by atoms with E-state index in [1.807, 2.05) is 68.4 Å². The van der Waals surface area contributed by atoms with Gasteiger partial charge < -0.3 is 10.6 Å². The van der Waals surface area contributed by atoms with E-state index < -0.39 is 10.8 Å². The Balaban J connectivity index is 1.89. The lowest BCUT2D eigenvalue weighted by atomic mass is 10.1. The van der Waals surface area contributed by atoms with Crippen LogP contribution in [-0.4, -0.2) is 29.0 Å². The van der Waals surface area contributed by atoms with Crippen molar-refractivity contribution >= 4 is 28.4 Å². The van der Waals surface area contributed by atoms with Gasteiger partial charge in [-0.25, -0.2) is 0 Å². The quantitative estimate of drug-likeness (QED) is 0.530. The highest BCUT2D eigenvalue weighted by atomic mass is 35.5. The molecule has 2 aromatic rings. The van der Waals surface area contributed by atoms with E-state index in [0.717, 1.165) is 22.7 Å². The van der Waals surface area contributed by atoms with E-state index in [9.17, 15) is 4.21 Å². The molecule has 2 atom stereocenters. The first-order valence-corrected chi connectivity index (χ1v) is 10.6. The standard InChI is InChI=1S/C20H26ClN3OS/c1-3-22-20(24-16(2)18-11-7-8-12-19(18)21)23-13-14-26(25)15-17-9-5-4-6-10-17/h4-12,16H,3,13-15H2,1-2H3,(H2,22,23,24). The zero-order chi connectivity index (χ0) is 18.8. The molecule has 2 N–H and O–H groups in total. The van der Waals surface area contributed by atoms with Crippen molar-refractivity contribution in [1.29, 1.82) is 0 Å². The monoisotopic (exact) mass is 391 g/mol. The van der Waals surface area contributed by atoms with Crippen molar-refractivity contribution in [2.45, 2.75) is 25.6 Å². The van der Waals surface area contributed by atoms with Gasteiger partial charge in [-0.3, -0.25) is 9.20 Å². The lowest BCUT2D eigenvalue weighted by Gasteiger charge is -2.19. The molecule has 0 radical (unpaired) electrons. The first kappa shape index (κ1) is 20.5. The fourth-order valence-corrected chi connectivity index (χ4v) is 3.82. The average molecular weight is 392 g/mol. The fourth-order valence-electron chi connectivity index (χ4n) is 2.52. The molecular weight excluding hydrogens is 366 g/mol. The van der Waals surface area contributed by atoms with Crippen molar-refractivity contribution in [3.63, 3.8) is 0 Å². The molecule has 4 nitrogen and oxygen atoms in total. The van der Waals surface area contributed by atoms with Gasteiger partial charge in [0.15, 0.2) is 5.96 Å². The highest BCUT2D eigenvalue weighted by Gasteiger charge is 2.10. The molecule has 0 spiro atoms. The number of hydrogen-bond acceptors (Lipinski definition) is 2. The zero-order valence-corrected chi connectivity index (χ0v) is 16.8. The number of nitrogens with one attached hydrogen (secondary N) is 2. The minimum absolute atomic E-state index is 0.0244.